The number of aromatic amines is 1. The van der Waals surface area contributed by atoms with Crippen LogP contribution in [-0.4, -0.2) is 25.0 Å². The number of imidazole rings is 1. The normalized spacial score (nSPS) is 11.6. The van der Waals surface area contributed by atoms with Crippen molar-refractivity contribution in [2.45, 2.75) is 11.6 Å². The predicted molar refractivity (Wildman–Crippen MR) is 67.5 cm³/mol. The number of sulfonamides is 1. The molecule has 0 aliphatic rings. The molecule has 0 aliphatic heterocycles. The Morgan fingerprint density at radius 3 is 2.70 bits per heavy atom. The highest BCUT2D eigenvalue weighted by Gasteiger charge is 2.16. The maximum Gasteiger partial charge on any atom is 0.387 e. The number of H-pyrrole nitrogens is 1. The van der Waals surface area contributed by atoms with Gasteiger partial charge in [-0.05, 0) is 18.2 Å². The summed E-state index contributed by atoms with van der Waals surface area (Å²) in [6.45, 7) is -3.01. The highest BCUT2D eigenvalue weighted by molar-refractivity contribution is 7.92. The predicted octanol–water partition coefficient (Wildman–Crippen LogP) is 2.47. The monoisotopic (exact) mass is 323 g/mol. The van der Waals surface area contributed by atoms with Crippen LogP contribution in [0.15, 0.2) is 35.7 Å². The number of rotatable bonds is 5. The van der Waals surface area contributed by atoms with Gasteiger partial charge in [0.05, 0.1) is 23.2 Å². The van der Waals surface area contributed by atoms with Crippen LogP contribution in [0.25, 0.3) is 0 Å². The Balaban J connectivity index is 2.21. The fraction of sp³-hybridized carbons (Fsp3) is 0.100. The molecule has 6 nitrogen and oxygen atoms in total. The lowest BCUT2D eigenvalue weighted by atomic mass is 10.3. The second-order valence-electron chi connectivity index (χ2n) is 3.55. The van der Waals surface area contributed by atoms with Gasteiger partial charge in [-0.3, -0.25) is 4.72 Å². The molecule has 0 unspecified atom stereocenters. The third-order valence-corrected chi connectivity index (χ3v) is 3.76. The average molecular weight is 324 g/mol. The molecule has 0 saturated carbocycles. The van der Waals surface area contributed by atoms with Gasteiger partial charge in [0.15, 0.2) is 5.03 Å². The van der Waals surface area contributed by atoms with Crippen molar-refractivity contribution in [1.29, 1.82) is 0 Å². The van der Waals surface area contributed by atoms with Gasteiger partial charge in [0.1, 0.15) is 5.75 Å². The van der Waals surface area contributed by atoms with E-state index in [0.717, 1.165) is 18.3 Å². The SMILES string of the molecule is O=S(=O)(Nc1ccc(OC(F)F)c(Cl)c1)c1cnc[nH]1. The number of alkyl halides is 2. The smallest absolute Gasteiger partial charge is 0.387 e. The van der Waals surface area contributed by atoms with E-state index in [-0.39, 0.29) is 21.5 Å². The third-order valence-electron chi connectivity index (χ3n) is 2.16. The molecule has 2 N–H and O–H groups in total. The largest absolute Gasteiger partial charge is 0.433 e. The molecule has 10 heteroatoms. The summed E-state index contributed by atoms with van der Waals surface area (Å²) in [6.07, 6.45) is 2.33. The second kappa shape index (κ2) is 5.63. The summed E-state index contributed by atoms with van der Waals surface area (Å²) in [5.74, 6) is -0.244. The van der Waals surface area contributed by atoms with Crippen molar-refractivity contribution in [3.8, 4) is 5.75 Å². The number of aromatic nitrogens is 2. The minimum atomic E-state index is -3.84. The van der Waals surface area contributed by atoms with E-state index < -0.39 is 16.6 Å². The molecule has 0 radical (unpaired) electrons. The van der Waals surface area contributed by atoms with E-state index in [9.17, 15) is 17.2 Å². The number of nitrogens with one attached hydrogen (secondary N) is 2. The molecule has 0 amide bonds. The van der Waals surface area contributed by atoms with Crippen molar-refractivity contribution in [2.24, 2.45) is 0 Å². The molecule has 0 fully saturated rings. The van der Waals surface area contributed by atoms with Crippen LogP contribution in [0, 0.1) is 0 Å². The number of nitrogens with zero attached hydrogens (tertiary/aromatic N) is 1. The number of hydrogen-bond donors (Lipinski definition) is 2. The van der Waals surface area contributed by atoms with Crippen molar-refractivity contribution >= 4 is 27.3 Å². The van der Waals surface area contributed by atoms with E-state index >= 15 is 0 Å². The van der Waals surface area contributed by atoms with Crippen molar-refractivity contribution in [3.05, 3.63) is 35.7 Å². The Morgan fingerprint density at radius 1 is 1.40 bits per heavy atom. The summed E-state index contributed by atoms with van der Waals surface area (Å²) in [5.41, 5.74) is 0.103. The van der Waals surface area contributed by atoms with Crippen LogP contribution < -0.4 is 9.46 Å². The Hall–Kier alpha value is -1.87. The fourth-order valence-corrected chi connectivity index (χ4v) is 2.54. The van der Waals surface area contributed by atoms with Crippen LogP contribution >= 0.6 is 11.6 Å². The van der Waals surface area contributed by atoms with E-state index in [1.165, 1.54) is 12.4 Å². The number of benzene rings is 1. The zero-order valence-corrected chi connectivity index (χ0v) is 11.3. The van der Waals surface area contributed by atoms with Gasteiger partial charge in [0.2, 0.25) is 0 Å². The van der Waals surface area contributed by atoms with Gasteiger partial charge in [-0.2, -0.15) is 17.2 Å². The van der Waals surface area contributed by atoms with Crippen molar-refractivity contribution in [2.75, 3.05) is 4.72 Å². The molecule has 0 atom stereocenters. The number of anilines is 1. The van der Waals surface area contributed by atoms with Gasteiger partial charge in [-0.15, -0.1) is 0 Å². The standard InChI is InChI=1S/C10H8ClF2N3O3S/c11-7-3-6(1-2-8(7)19-10(12)13)16-20(17,18)9-4-14-5-15-9/h1-5,10,16H,(H,14,15). The summed E-state index contributed by atoms with van der Waals surface area (Å²) < 4.78 is 54.2. The van der Waals surface area contributed by atoms with E-state index in [1.807, 2.05) is 0 Å². The fourth-order valence-electron chi connectivity index (χ4n) is 1.36. The lowest BCUT2D eigenvalue weighted by Gasteiger charge is -2.10. The zero-order chi connectivity index (χ0) is 14.8. The molecule has 1 aromatic heterocycles. The molecule has 0 spiro atoms. The first-order chi connectivity index (χ1) is 9.38. The van der Waals surface area contributed by atoms with Crippen molar-refractivity contribution in [3.63, 3.8) is 0 Å². The highest BCUT2D eigenvalue weighted by Crippen LogP contribution is 2.29. The molecule has 2 aromatic rings. The van der Waals surface area contributed by atoms with Crippen LogP contribution in [0.1, 0.15) is 0 Å². The van der Waals surface area contributed by atoms with Gasteiger partial charge in [0.25, 0.3) is 10.0 Å². The third kappa shape index (κ3) is 3.36. The van der Waals surface area contributed by atoms with Crippen molar-refractivity contribution < 1.29 is 21.9 Å². The maximum absolute atomic E-state index is 12.1. The molecule has 1 heterocycles. The molecule has 20 heavy (non-hydrogen) atoms. The maximum atomic E-state index is 12.1. The number of hydrogen-bond acceptors (Lipinski definition) is 4. The van der Waals surface area contributed by atoms with Gasteiger partial charge < -0.3 is 9.72 Å². The Bertz CT molecular complexity index is 692. The first-order valence-corrected chi connectivity index (χ1v) is 7.00. The van der Waals surface area contributed by atoms with Crippen LogP contribution in [0.4, 0.5) is 14.5 Å². The topological polar surface area (TPSA) is 84.1 Å². The van der Waals surface area contributed by atoms with Gasteiger partial charge >= 0.3 is 6.61 Å². The van der Waals surface area contributed by atoms with Gasteiger partial charge in [-0.1, -0.05) is 11.6 Å². The van der Waals surface area contributed by atoms with Gasteiger partial charge in [-0.25, -0.2) is 4.98 Å². The lowest BCUT2D eigenvalue weighted by molar-refractivity contribution is -0.0497. The summed E-state index contributed by atoms with van der Waals surface area (Å²) in [7, 11) is -3.84. The first kappa shape index (κ1) is 14.5. The summed E-state index contributed by atoms with van der Waals surface area (Å²) in [5, 5.41) is -0.281. The zero-order valence-electron chi connectivity index (χ0n) is 9.68. The van der Waals surface area contributed by atoms with E-state index in [1.54, 1.807) is 0 Å². The molecular formula is C10H8ClF2N3O3S. The molecule has 0 saturated heterocycles. The molecular weight excluding hydrogens is 316 g/mol. The van der Waals surface area contributed by atoms with E-state index in [4.69, 9.17) is 11.6 Å². The van der Waals surface area contributed by atoms with Gasteiger partial charge in [0, 0.05) is 0 Å². The first-order valence-electron chi connectivity index (χ1n) is 5.14. The molecule has 0 bridgehead atoms. The average Bonchev–Trinajstić information content (AvgIpc) is 2.86. The van der Waals surface area contributed by atoms with E-state index in [2.05, 4.69) is 19.4 Å². The highest BCUT2D eigenvalue weighted by atomic mass is 35.5. The van der Waals surface area contributed by atoms with E-state index in [0.29, 0.717) is 0 Å². The Labute approximate surface area is 117 Å². The van der Waals surface area contributed by atoms with Crippen LogP contribution in [0.3, 0.4) is 0 Å². The molecule has 2 rings (SSSR count). The van der Waals surface area contributed by atoms with Crippen LogP contribution in [-0.2, 0) is 10.0 Å². The van der Waals surface area contributed by atoms with Crippen LogP contribution in [0.2, 0.25) is 5.02 Å². The molecule has 1 aromatic carbocycles. The number of halogens is 3. The molecule has 108 valence electrons. The molecule has 0 aliphatic carbocycles. The summed E-state index contributed by atoms with van der Waals surface area (Å²) in [4.78, 5) is 6.02. The second-order valence-corrected chi connectivity index (χ2v) is 5.60. The lowest BCUT2D eigenvalue weighted by Crippen LogP contribution is -2.13. The van der Waals surface area contributed by atoms with Crippen LogP contribution in [0.5, 0.6) is 5.75 Å². The van der Waals surface area contributed by atoms with Crippen molar-refractivity contribution in [1.82, 2.24) is 9.97 Å². The number of ether oxygens (including phenoxy) is 1. The minimum absolute atomic E-state index is 0.103. The Kier molecular flexibility index (Phi) is 4.09. The quantitative estimate of drug-likeness (QED) is 0.885. The Morgan fingerprint density at radius 2 is 2.15 bits per heavy atom. The summed E-state index contributed by atoms with van der Waals surface area (Å²) >= 11 is 5.71. The minimum Gasteiger partial charge on any atom is -0.433 e. The summed E-state index contributed by atoms with van der Waals surface area (Å²) in [6, 6.07) is 3.55.